The lowest BCUT2D eigenvalue weighted by Crippen LogP contribution is -2.58. The van der Waals surface area contributed by atoms with Gasteiger partial charge in [-0.2, -0.15) is 11.8 Å². The number of carboxylic acid groups (broad SMARTS) is 1. The van der Waals surface area contributed by atoms with E-state index in [4.69, 9.17) is 17.2 Å². The van der Waals surface area contributed by atoms with E-state index < -0.39 is 60.4 Å². The molecule has 0 radical (unpaired) electrons. The molecule has 0 saturated carbocycles. The van der Waals surface area contributed by atoms with E-state index in [1.54, 1.807) is 0 Å². The van der Waals surface area contributed by atoms with Crippen molar-refractivity contribution in [3.8, 4) is 0 Å². The first-order valence-electron chi connectivity index (χ1n) is 10.5. The number of unbranched alkanes of at least 4 members (excludes halogenated alkanes) is 1. The van der Waals surface area contributed by atoms with Crippen LogP contribution in [-0.2, 0) is 24.0 Å². The summed E-state index contributed by atoms with van der Waals surface area (Å²) in [6, 6.07) is -4.77. The van der Waals surface area contributed by atoms with Crippen LogP contribution in [0.1, 0.15) is 38.5 Å². The second-order valence-electron chi connectivity index (χ2n) is 7.38. The van der Waals surface area contributed by atoms with Gasteiger partial charge in [0, 0.05) is 6.42 Å². The highest BCUT2D eigenvalue weighted by Crippen LogP contribution is 2.05. The zero-order valence-electron chi connectivity index (χ0n) is 18.7. The average molecular weight is 493 g/mol. The van der Waals surface area contributed by atoms with E-state index in [2.05, 4.69) is 16.0 Å². The molecule has 0 rings (SSSR count). The second kappa shape index (κ2) is 17.1. The maximum Gasteiger partial charge on any atom is 0.326 e. The van der Waals surface area contributed by atoms with Crippen LogP contribution < -0.4 is 33.2 Å². The van der Waals surface area contributed by atoms with Crippen molar-refractivity contribution in [3.63, 3.8) is 0 Å². The van der Waals surface area contributed by atoms with E-state index in [0.717, 1.165) is 0 Å². The fraction of sp³-hybridized carbons (Fsp3) is 0.737. The topological polar surface area (TPSA) is 240 Å². The zero-order chi connectivity index (χ0) is 25.4. The molecule has 0 saturated heterocycles. The Balaban J connectivity index is 5.20. The lowest BCUT2D eigenvalue weighted by Gasteiger charge is -2.24. The molecule has 4 amide bonds. The van der Waals surface area contributed by atoms with Gasteiger partial charge in [-0.3, -0.25) is 19.2 Å². The van der Waals surface area contributed by atoms with Crippen LogP contribution in [-0.4, -0.2) is 89.1 Å². The number of rotatable bonds is 18. The molecule has 0 aliphatic rings. The fourth-order valence-corrected chi connectivity index (χ4v) is 3.19. The first-order valence-corrected chi connectivity index (χ1v) is 11.9. The summed E-state index contributed by atoms with van der Waals surface area (Å²) in [5.74, 6) is -3.72. The van der Waals surface area contributed by atoms with Gasteiger partial charge in [0.25, 0.3) is 0 Å². The van der Waals surface area contributed by atoms with E-state index in [1.165, 1.54) is 11.8 Å². The van der Waals surface area contributed by atoms with Crippen LogP contribution in [0.3, 0.4) is 0 Å². The molecule has 0 aromatic carbocycles. The molecular weight excluding hydrogens is 456 g/mol. The van der Waals surface area contributed by atoms with Crippen molar-refractivity contribution < 1.29 is 34.2 Å². The van der Waals surface area contributed by atoms with Gasteiger partial charge in [-0.1, -0.05) is 0 Å². The number of primary amides is 1. The SMILES string of the molecule is CSCCC(N)C(=O)NC(CCCCN)C(=O)NC(CO)C(=O)NC(CCC(N)=O)C(=O)O. The standard InChI is InChI=1S/C19H36N6O7S/c1-33-9-7-11(21)16(28)23-12(4-2-3-8-20)17(29)25-14(10-26)18(30)24-13(19(31)32)5-6-15(22)27/h11-14,26H,2-10,20-21H2,1H3,(H2,22,27)(H,23,28)(H,24,30)(H,25,29)(H,31,32). The largest absolute Gasteiger partial charge is 0.480 e. The van der Waals surface area contributed by atoms with Crippen molar-refractivity contribution in [1.29, 1.82) is 0 Å². The number of carboxylic acids is 1. The minimum atomic E-state index is -1.48. The predicted molar refractivity (Wildman–Crippen MR) is 123 cm³/mol. The van der Waals surface area contributed by atoms with E-state index in [0.29, 0.717) is 31.6 Å². The lowest BCUT2D eigenvalue weighted by molar-refractivity contribution is -0.143. The van der Waals surface area contributed by atoms with Gasteiger partial charge in [-0.05, 0) is 50.7 Å². The maximum absolute atomic E-state index is 12.7. The van der Waals surface area contributed by atoms with Gasteiger partial charge in [-0.25, -0.2) is 4.79 Å². The van der Waals surface area contributed by atoms with Crippen molar-refractivity contribution >= 4 is 41.4 Å². The summed E-state index contributed by atoms with van der Waals surface area (Å²) in [5.41, 5.74) is 16.3. The summed E-state index contributed by atoms with van der Waals surface area (Å²) < 4.78 is 0. The molecule has 4 unspecified atom stereocenters. The van der Waals surface area contributed by atoms with Crippen molar-refractivity contribution in [3.05, 3.63) is 0 Å². The highest BCUT2D eigenvalue weighted by atomic mass is 32.2. The summed E-state index contributed by atoms with van der Waals surface area (Å²) in [4.78, 5) is 59.7. The first kappa shape index (κ1) is 30.6. The number of nitrogens with one attached hydrogen (secondary N) is 3. The number of nitrogens with two attached hydrogens (primary N) is 3. The number of thioether (sulfide) groups is 1. The molecular formula is C19H36N6O7S. The number of aliphatic carboxylic acids is 1. The third-order valence-corrected chi connectivity index (χ3v) is 5.30. The van der Waals surface area contributed by atoms with Gasteiger partial charge >= 0.3 is 5.97 Å². The molecule has 0 aliphatic heterocycles. The third-order valence-electron chi connectivity index (χ3n) is 4.66. The number of carbonyl (C=O) groups excluding carboxylic acids is 4. The monoisotopic (exact) mass is 492 g/mol. The van der Waals surface area contributed by atoms with Gasteiger partial charge in [0.15, 0.2) is 0 Å². The maximum atomic E-state index is 12.7. The van der Waals surface area contributed by atoms with Crippen molar-refractivity contribution in [2.45, 2.75) is 62.7 Å². The third kappa shape index (κ3) is 13.0. The van der Waals surface area contributed by atoms with Crippen LogP contribution in [0.4, 0.5) is 0 Å². The fourth-order valence-electron chi connectivity index (χ4n) is 2.70. The number of aliphatic hydroxyl groups excluding tert-OH is 1. The van der Waals surface area contributed by atoms with Crippen LogP contribution >= 0.6 is 11.8 Å². The Kier molecular flexibility index (Phi) is 15.9. The van der Waals surface area contributed by atoms with Crippen LogP contribution in [0.25, 0.3) is 0 Å². The van der Waals surface area contributed by atoms with E-state index in [1.807, 2.05) is 6.26 Å². The van der Waals surface area contributed by atoms with Crippen LogP contribution in [0.15, 0.2) is 0 Å². The number of aliphatic hydroxyl groups is 1. The lowest BCUT2D eigenvalue weighted by atomic mass is 10.1. The molecule has 0 aromatic heterocycles. The molecule has 4 atom stereocenters. The molecule has 13 nitrogen and oxygen atoms in total. The van der Waals surface area contributed by atoms with Gasteiger partial charge in [0.1, 0.15) is 18.1 Å². The Morgan fingerprint density at radius 1 is 0.879 bits per heavy atom. The Morgan fingerprint density at radius 3 is 1.97 bits per heavy atom. The Labute approximate surface area is 196 Å². The highest BCUT2D eigenvalue weighted by molar-refractivity contribution is 7.98. The summed E-state index contributed by atoms with van der Waals surface area (Å²) in [6.07, 6.45) is 3.08. The second-order valence-corrected chi connectivity index (χ2v) is 8.37. The van der Waals surface area contributed by atoms with Crippen molar-refractivity contribution in [1.82, 2.24) is 16.0 Å². The van der Waals surface area contributed by atoms with Gasteiger partial charge < -0.3 is 43.4 Å². The molecule has 190 valence electrons. The van der Waals surface area contributed by atoms with E-state index in [-0.39, 0.29) is 19.3 Å². The van der Waals surface area contributed by atoms with Crippen LogP contribution in [0.2, 0.25) is 0 Å². The molecule has 0 bridgehead atoms. The minimum absolute atomic E-state index is 0.222. The van der Waals surface area contributed by atoms with Crippen LogP contribution in [0.5, 0.6) is 0 Å². The van der Waals surface area contributed by atoms with E-state index in [9.17, 15) is 34.2 Å². The van der Waals surface area contributed by atoms with Crippen molar-refractivity contribution in [2.75, 3.05) is 25.2 Å². The average Bonchev–Trinajstić information content (AvgIpc) is 2.76. The van der Waals surface area contributed by atoms with Gasteiger partial charge in [0.05, 0.1) is 12.6 Å². The highest BCUT2D eigenvalue weighted by Gasteiger charge is 2.30. The van der Waals surface area contributed by atoms with Gasteiger partial charge in [-0.15, -0.1) is 0 Å². The number of amides is 4. The molecule has 0 aliphatic carbocycles. The number of carbonyl (C=O) groups is 5. The molecule has 0 aromatic rings. The normalized spacial score (nSPS) is 14.4. The molecule has 0 fully saturated rings. The molecule has 0 heterocycles. The summed E-state index contributed by atoms with van der Waals surface area (Å²) >= 11 is 1.52. The predicted octanol–water partition coefficient (Wildman–Crippen LogP) is -3.01. The summed E-state index contributed by atoms with van der Waals surface area (Å²) in [5, 5.41) is 25.8. The smallest absolute Gasteiger partial charge is 0.326 e. The van der Waals surface area contributed by atoms with Crippen LogP contribution in [0, 0.1) is 0 Å². The van der Waals surface area contributed by atoms with Crippen molar-refractivity contribution in [2.24, 2.45) is 17.2 Å². The minimum Gasteiger partial charge on any atom is -0.480 e. The summed E-state index contributed by atoms with van der Waals surface area (Å²) in [6.45, 7) is -0.435. The number of hydrogen-bond acceptors (Lipinski definition) is 9. The molecule has 33 heavy (non-hydrogen) atoms. The first-order chi connectivity index (χ1) is 15.6. The van der Waals surface area contributed by atoms with Gasteiger partial charge in [0.2, 0.25) is 23.6 Å². The molecule has 0 spiro atoms. The molecule has 11 N–H and O–H groups in total. The van der Waals surface area contributed by atoms with E-state index >= 15 is 0 Å². The summed E-state index contributed by atoms with van der Waals surface area (Å²) in [7, 11) is 0. The Hall–Kier alpha value is -2.42. The zero-order valence-corrected chi connectivity index (χ0v) is 19.6. The Morgan fingerprint density at radius 2 is 1.45 bits per heavy atom. The Bertz CT molecular complexity index is 667. The number of hydrogen-bond donors (Lipinski definition) is 8. The molecule has 14 heteroatoms. The quantitative estimate of drug-likeness (QED) is 0.0901.